The maximum atomic E-state index is 11.4. The fraction of sp³-hybridized carbons (Fsp3) is 0.417. The van der Waals surface area contributed by atoms with Crippen molar-refractivity contribution >= 4 is 17.7 Å². The molecule has 0 radical (unpaired) electrons. The second-order valence-corrected chi connectivity index (χ2v) is 3.63. The number of amides is 1. The number of ether oxygens (including phenoxy) is 1. The number of aryl methyl sites for hydroxylation is 1. The van der Waals surface area contributed by atoms with E-state index in [0.717, 1.165) is 0 Å². The Balaban J connectivity index is 2.67. The normalized spacial score (nSPS) is 9.72. The molecule has 0 aliphatic heterocycles. The minimum Gasteiger partial charge on any atom is -0.465 e. The van der Waals surface area contributed by atoms with Crippen molar-refractivity contribution in [1.29, 1.82) is 0 Å². The fourth-order valence-corrected chi connectivity index (χ4v) is 1.42. The molecule has 1 aromatic heterocycles. The Morgan fingerprint density at radius 1 is 1.39 bits per heavy atom. The van der Waals surface area contributed by atoms with Gasteiger partial charge in [0.2, 0.25) is 5.91 Å². The van der Waals surface area contributed by atoms with Gasteiger partial charge in [0.1, 0.15) is 5.82 Å². The largest absolute Gasteiger partial charge is 0.465 e. The minimum atomic E-state index is -0.421. The van der Waals surface area contributed by atoms with Gasteiger partial charge in [-0.3, -0.25) is 4.79 Å². The van der Waals surface area contributed by atoms with E-state index in [9.17, 15) is 9.59 Å². The molecule has 0 aliphatic carbocycles. The zero-order valence-electron chi connectivity index (χ0n) is 10.7. The Morgan fingerprint density at radius 2 is 2.11 bits per heavy atom. The quantitative estimate of drug-likeness (QED) is 0.754. The highest BCUT2D eigenvalue weighted by molar-refractivity contribution is 5.90. The molecule has 6 heteroatoms. The van der Waals surface area contributed by atoms with Gasteiger partial charge in [0.25, 0.3) is 0 Å². The van der Waals surface area contributed by atoms with Crippen LogP contribution < -0.4 is 10.6 Å². The van der Waals surface area contributed by atoms with E-state index >= 15 is 0 Å². The number of esters is 1. The third-order valence-corrected chi connectivity index (χ3v) is 2.30. The van der Waals surface area contributed by atoms with Gasteiger partial charge >= 0.3 is 5.97 Å². The average molecular weight is 251 g/mol. The van der Waals surface area contributed by atoms with E-state index in [1.807, 2.05) is 6.92 Å². The monoisotopic (exact) mass is 251 g/mol. The number of likely N-dealkylation sites (N-methyl/N-ethyl adjacent to an activating group) is 1. The standard InChI is InChI=1S/C12H17N3O3/c1-4-13-11(16)7-14-10-6-5-9(8(2)15-10)12(17)18-3/h5-6H,4,7H2,1-3H3,(H,13,16)(H,14,15). The summed E-state index contributed by atoms with van der Waals surface area (Å²) in [5, 5.41) is 5.54. The van der Waals surface area contributed by atoms with Crippen molar-refractivity contribution in [3.63, 3.8) is 0 Å². The molecule has 0 aliphatic rings. The maximum Gasteiger partial charge on any atom is 0.339 e. The summed E-state index contributed by atoms with van der Waals surface area (Å²) in [4.78, 5) is 26.8. The molecular formula is C12H17N3O3. The topological polar surface area (TPSA) is 80.3 Å². The Kier molecular flexibility index (Phi) is 5.10. The molecule has 1 amide bonds. The van der Waals surface area contributed by atoms with Gasteiger partial charge in [-0.15, -0.1) is 0 Å². The van der Waals surface area contributed by atoms with Crippen molar-refractivity contribution in [1.82, 2.24) is 10.3 Å². The summed E-state index contributed by atoms with van der Waals surface area (Å²) in [6, 6.07) is 3.26. The average Bonchev–Trinajstić information content (AvgIpc) is 2.36. The van der Waals surface area contributed by atoms with Crippen LogP contribution in [0.15, 0.2) is 12.1 Å². The highest BCUT2D eigenvalue weighted by atomic mass is 16.5. The molecule has 0 aromatic carbocycles. The van der Waals surface area contributed by atoms with Crippen molar-refractivity contribution in [3.8, 4) is 0 Å². The summed E-state index contributed by atoms with van der Waals surface area (Å²) >= 11 is 0. The molecular weight excluding hydrogens is 234 g/mol. The van der Waals surface area contributed by atoms with Gasteiger partial charge in [-0.2, -0.15) is 0 Å². The van der Waals surface area contributed by atoms with E-state index in [-0.39, 0.29) is 12.5 Å². The van der Waals surface area contributed by atoms with Crippen LogP contribution in [0.4, 0.5) is 5.82 Å². The number of aromatic nitrogens is 1. The fourth-order valence-electron chi connectivity index (χ4n) is 1.42. The first-order valence-electron chi connectivity index (χ1n) is 5.65. The van der Waals surface area contributed by atoms with Crippen LogP contribution in [0.2, 0.25) is 0 Å². The number of nitrogens with one attached hydrogen (secondary N) is 2. The van der Waals surface area contributed by atoms with Crippen molar-refractivity contribution in [2.45, 2.75) is 13.8 Å². The van der Waals surface area contributed by atoms with Crippen molar-refractivity contribution in [2.24, 2.45) is 0 Å². The van der Waals surface area contributed by atoms with Crippen molar-refractivity contribution in [3.05, 3.63) is 23.4 Å². The summed E-state index contributed by atoms with van der Waals surface area (Å²) < 4.78 is 4.62. The first-order valence-corrected chi connectivity index (χ1v) is 5.65. The second kappa shape index (κ2) is 6.58. The number of hydrogen-bond acceptors (Lipinski definition) is 5. The van der Waals surface area contributed by atoms with Crippen LogP contribution in [0, 0.1) is 6.92 Å². The number of rotatable bonds is 5. The van der Waals surface area contributed by atoms with Gasteiger partial charge in [0.15, 0.2) is 0 Å². The van der Waals surface area contributed by atoms with Gasteiger partial charge in [-0.25, -0.2) is 9.78 Å². The van der Waals surface area contributed by atoms with E-state index in [0.29, 0.717) is 23.6 Å². The Labute approximate surface area is 106 Å². The van der Waals surface area contributed by atoms with E-state index in [4.69, 9.17) is 0 Å². The smallest absolute Gasteiger partial charge is 0.339 e. The van der Waals surface area contributed by atoms with E-state index < -0.39 is 5.97 Å². The molecule has 0 bridgehead atoms. The van der Waals surface area contributed by atoms with Gasteiger partial charge in [0.05, 0.1) is 24.9 Å². The number of hydrogen-bond donors (Lipinski definition) is 2. The van der Waals surface area contributed by atoms with E-state index in [2.05, 4.69) is 20.4 Å². The zero-order valence-corrected chi connectivity index (χ0v) is 10.7. The molecule has 1 heterocycles. The third kappa shape index (κ3) is 3.73. The van der Waals surface area contributed by atoms with Crippen LogP contribution in [-0.2, 0) is 9.53 Å². The number of methoxy groups -OCH3 is 1. The zero-order chi connectivity index (χ0) is 13.5. The summed E-state index contributed by atoms with van der Waals surface area (Å²) in [5.41, 5.74) is 0.976. The third-order valence-electron chi connectivity index (χ3n) is 2.30. The molecule has 18 heavy (non-hydrogen) atoms. The molecule has 0 saturated carbocycles. The SMILES string of the molecule is CCNC(=O)CNc1ccc(C(=O)OC)c(C)n1. The summed E-state index contributed by atoms with van der Waals surface area (Å²) in [7, 11) is 1.32. The molecule has 0 spiro atoms. The molecule has 0 unspecified atom stereocenters. The number of anilines is 1. The number of nitrogens with zero attached hydrogens (tertiary/aromatic N) is 1. The number of carbonyl (C=O) groups excluding carboxylic acids is 2. The van der Waals surface area contributed by atoms with Crippen LogP contribution in [0.1, 0.15) is 23.0 Å². The second-order valence-electron chi connectivity index (χ2n) is 3.63. The van der Waals surface area contributed by atoms with E-state index in [1.54, 1.807) is 19.1 Å². The van der Waals surface area contributed by atoms with Gasteiger partial charge in [-0.1, -0.05) is 0 Å². The molecule has 0 atom stereocenters. The lowest BCUT2D eigenvalue weighted by Crippen LogP contribution is -2.29. The lowest BCUT2D eigenvalue weighted by molar-refractivity contribution is -0.119. The van der Waals surface area contributed by atoms with Crippen LogP contribution in [0.5, 0.6) is 0 Å². The lowest BCUT2D eigenvalue weighted by Gasteiger charge is -2.08. The molecule has 1 rings (SSSR count). The highest BCUT2D eigenvalue weighted by Gasteiger charge is 2.10. The molecule has 6 nitrogen and oxygen atoms in total. The molecule has 98 valence electrons. The Bertz CT molecular complexity index is 446. The lowest BCUT2D eigenvalue weighted by atomic mass is 10.2. The molecule has 1 aromatic rings. The predicted molar refractivity (Wildman–Crippen MR) is 67.5 cm³/mol. The Hall–Kier alpha value is -2.11. The van der Waals surface area contributed by atoms with Crippen LogP contribution in [-0.4, -0.2) is 37.1 Å². The van der Waals surface area contributed by atoms with Gasteiger partial charge in [-0.05, 0) is 26.0 Å². The maximum absolute atomic E-state index is 11.4. The summed E-state index contributed by atoms with van der Waals surface area (Å²) in [5.74, 6) is 0.0238. The van der Waals surface area contributed by atoms with Crippen LogP contribution >= 0.6 is 0 Å². The number of pyridine rings is 1. The van der Waals surface area contributed by atoms with Gasteiger partial charge in [0, 0.05) is 6.54 Å². The molecule has 0 fully saturated rings. The van der Waals surface area contributed by atoms with Crippen molar-refractivity contribution in [2.75, 3.05) is 25.5 Å². The first kappa shape index (κ1) is 14.0. The van der Waals surface area contributed by atoms with Crippen LogP contribution in [0.25, 0.3) is 0 Å². The van der Waals surface area contributed by atoms with E-state index in [1.165, 1.54) is 7.11 Å². The summed E-state index contributed by atoms with van der Waals surface area (Å²) in [6.07, 6.45) is 0. The molecule has 2 N–H and O–H groups in total. The number of carbonyl (C=O) groups is 2. The first-order chi connectivity index (χ1) is 8.58. The Morgan fingerprint density at radius 3 is 2.67 bits per heavy atom. The van der Waals surface area contributed by atoms with Crippen molar-refractivity contribution < 1.29 is 14.3 Å². The predicted octanol–water partition coefficient (Wildman–Crippen LogP) is 0.725. The molecule has 0 saturated heterocycles. The minimum absolute atomic E-state index is 0.103. The van der Waals surface area contributed by atoms with Gasteiger partial charge < -0.3 is 15.4 Å². The van der Waals surface area contributed by atoms with Crippen LogP contribution in [0.3, 0.4) is 0 Å². The summed E-state index contributed by atoms with van der Waals surface area (Å²) in [6.45, 7) is 4.31. The highest BCUT2D eigenvalue weighted by Crippen LogP contribution is 2.11.